The number of likely N-dealkylation sites (tertiary alicyclic amines) is 1. The molecule has 2 rings (SSSR count). The number of nitrogens with zero attached hydrogens (tertiary/aromatic N) is 4. The summed E-state index contributed by atoms with van der Waals surface area (Å²) in [6, 6.07) is 0. The number of guanidine groups is 1. The fourth-order valence-electron chi connectivity index (χ4n) is 2.80. The van der Waals surface area contributed by atoms with E-state index in [0.29, 0.717) is 5.92 Å². The molecule has 1 atom stereocenters. The second-order valence-electron chi connectivity index (χ2n) is 5.67. The van der Waals surface area contributed by atoms with Crippen LogP contribution < -0.4 is 5.32 Å². The number of aromatic nitrogens is 2. The van der Waals surface area contributed by atoms with Crippen LogP contribution in [0.4, 0.5) is 0 Å². The van der Waals surface area contributed by atoms with Gasteiger partial charge in [0.2, 0.25) is 0 Å². The third-order valence-electron chi connectivity index (χ3n) is 3.93. The zero-order valence-electron chi connectivity index (χ0n) is 14.5. The van der Waals surface area contributed by atoms with Gasteiger partial charge in [0.05, 0.1) is 6.20 Å². The van der Waals surface area contributed by atoms with Gasteiger partial charge in [0.15, 0.2) is 5.96 Å². The molecule has 2 heterocycles. The molecule has 0 spiro atoms. The Kier molecular flexibility index (Phi) is 9.54. The zero-order valence-corrected chi connectivity index (χ0v) is 16.8. The summed E-state index contributed by atoms with van der Waals surface area (Å²) in [6.45, 7) is 9.50. The Morgan fingerprint density at radius 3 is 2.96 bits per heavy atom. The van der Waals surface area contributed by atoms with Crippen LogP contribution in [0.15, 0.2) is 17.4 Å². The quantitative estimate of drug-likeness (QED) is 0.309. The van der Waals surface area contributed by atoms with E-state index >= 15 is 0 Å². The van der Waals surface area contributed by atoms with Crippen molar-refractivity contribution in [3.05, 3.63) is 18.0 Å². The summed E-state index contributed by atoms with van der Waals surface area (Å²) in [5.74, 6) is 1.59. The minimum absolute atomic E-state index is 0. The first-order valence-corrected chi connectivity index (χ1v) is 8.34. The summed E-state index contributed by atoms with van der Waals surface area (Å²) in [5.41, 5.74) is 1.33. The average Bonchev–Trinajstić information content (AvgIpc) is 3.14. The van der Waals surface area contributed by atoms with Gasteiger partial charge in [-0.1, -0.05) is 0 Å². The summed E-state index contributed by atoms with van der Waals surface area (Å²) in [7, 11) is 1.97. The van der Waals surface area contributed by atoms with Crippen molar-refractivity contribution in [3.63, 3.8) is 0 Å². The Morgan fingerprint density at radius 1 is 1.48 bits per heavy atom. The van der Waals surface area contributed by atoms with Crippen molar-refractivity contribution >= 4 is 29.9 Å². The minimum atomic E-state index is 0. The molecule has 0 bridgehead atoms. The Labute approximate surface area is 156 Å². The van der Waals surface area contributed by atoms with E-state index in [2.05, 4.69) is 28.4 Å². The minimum Gasteiger partial charge on any atom is -0.382 e. The van der Waals surface area contributed by atoms with Crippen molar-refractivity contribution in [2.75, 3.05) is 39.4 Å². The van der Waals surface area contributed by atoms with Crippen LogP contribution in [0.1, 0.15) is 38.2 Å². The van der Waals surface area contributed by atoms with Crippen LogP contribution in [0.25, 0.3) is 0 Å². The van der Waals surface area contributed by atoms with Gasteiger partial charge in [0.25, 0.3) is 0 Å². The highest BCUT2D eigenvalue weighted by atomic mass is 127. The fourth-order valence-corrected chi connectivity index (χ4v) is 2.80. The lowest BCUT2D eigenvalue weighted by atomic mass is 10.0. The van der Waals surface area contributed by atoms with Crippen molar-refractivity contribution < 1.29 is 4.74 Å². The van der Waals surface area contributed by atoms with Gasteiger partial charge < -0.3 is 15.0 Å². The van der Waals surface area contributed by atoms with Gasteiger partial charge in [-0.05, 0) is 32.3 Å². The molecule has 1 aromatic heterocycles. The summed E-state index contributed by atoms with van der Waals surface area (Å²) >= 11 is 0. The molecule has 1 saturated heterocycles. The Hall–Kier alpha value is -0.830. The molecule has 6 nitrogen and oxygen atoms in total. The van der Waals surface area contributed by atoms with Crippen LogP contribution in [0, 0.1) is 0 Å². The Balaban J connectivity index is 0.00000264. The maximum absolute atomic E-state index is 5.37. The lowest BCUT2D eigenvalue weighted by Gasteiger charge is -2.21. The summed E-state index contributed by atoms with van der Waals surface area (Å²) in [5, 5.41) is 7.69. The number of rotatable bonds is 7. The topological polar surface area (TPSA) is 54.7 Å². The molecule has 0 saturated carbocycles. The molecule has 1 N–H and O–H groups in total. The third-order valence-corrected chi connectivity index (χ3v) is 3.93. The van der Waals surface area contributed by atoms with Gasteiger partial charge >= 0.3 is 0 Å². The van der Waals surface area contributed by atoms with Crippen molar-refractivity contribution in [3.8, 4) is 0 Å². The van der Waals surface area contributed by atoms with Crippen LogP contribution in [0.5, 0.6) is 0 Å². The van der Waals surface area contributed by atoms with E-state index in [4.69, 9.17) is 9.73 Å². The highest BCUT2D eigenvalue weighted by Crippen LogP contribution is 2.26. The number of hydrogen-bond donors (Lipinski definition) is 1. The van der Waals surface area contributed by atoms with E-state index < -0.39 is 0 Å². The first-order valence-electron chi connectivity index (χ1n) is 8.34. The van der Waals surface area contributed by atoms with Crippen molar-refractivity contribution in [2.24, 2.45) is 12.0 Å². The summed E-state index contributed by atoms with van der Waals surface area (Å²) in [4.78, 5) is 7.09. The van der Waals surface area contributed by atoms with E-state index in [1.54, 1.807) is 0 Å². The smallest absolute Gasteiger partial charge is 0.193 e. The number of hydrogen-bond acceptors (Lipinski definition) is 3. The van der Waals surface area contributed by atoms with Crippen molar-refractivity contribution in [1.29, 1.82) is 0 Å². The van der Waals surface area contributed by atoms with Gasteiger partial charge in [-0.2, -0.15) is 5.10 Å². The van der Waals surface area contributed by atoms with Crippen LogP contribution in [0.2, 0.25) is 0 Å². The van der Waals surface area contributed by atoms with Crippen molar-refractivity contribution in [2.45, 2.75) is 32.6 Å². The van der Waals surface area contributed by atoms with Gasteiger partial charge in [-0.15, -0.1) is 24.0 Å². The van der Waals surface area contributed by atoms with E-state index in [1.165, 1.54) is 5.56 Å². The van der Waals surface area contributed by atoms with E-state index in [9.17, 15) is 0 Å². The summed E-state index contributed by atoms with van der Waals surface area (Å²) < 4.78 is 7.25. The molecular weight excluding hydrogens is 405 g/mol. The van der Waals surface area contributed by atoms with E-state index in [-0.39, 0.29) is 24.0 Å². The van der Waals surface area contributed by atoms with Crippen LogP contribution >= 0.6 is 24.0 Å². The third kappa shape index (κ3) is 6.29. The first kappa shape index (κ1) is 20.2. The van der Waals surface area contributed by atoms with E-state index in [0.717, 1.165) is 58.2 Å². The Morgan fingerprint density at radius 2 is 2.30 bits per heavy atom. The lowest BCUT2D eigenvalue weighted by Crippen LogP contribution is -2.40. The van der Waals surface area contributed by atoms with Gasteiger partial charge in [0.1, 0.15) is 0 Å². The normalized spacial score (nSPS) is 18.1. The highest BCUT2D eigenvalue weighted by Gasteiger charge is 2.26. The molecule has 1 aromatic rings. The molecule has 0 amide bonds. The maximum atomic E-state index is 5.37. The van der Waals surface area contributed by atoms with Crippen LogP contribution in [0.3, 0.4) is 0 Å². The average molecular weight is 435 g/mol. The SMILES string of the molecule is CCNC(=NCCCOCC)N1CCC(c2cnn(C)c2)C1.I. The molecular formula is C16H30IN5O. The summed E-state index contributed by atoms with van der Waals surface area (Å²) in [6.07, 6.45) is 6.25. The second kappa shape index (κ2) is 10.9. The first-order chi connectivity index (χ1) is 10.7. The number of aryl methyl sites for hydroxylation is 1. The number of nitrogens with one attached hydrogen (secondary N) is 1. The highest BCUT2D eigenvalue weighted by molar-refractivity contribution is 14.0. The van der Waals surface area contributed by atoms with Crippen LogP contribution in [-0.2, 0) is 11.8 Å². The molecule has 0 aliphatic carbocycles. The lowest BCUT2D eigenvalue weighted by molar-refractivity contribution is 0.146. The molecule has 23 heavy (non-hydrogen) atoms. The number of aliphatic imine (C=N–C) groups is 1. The van der Waals surface area contributed by atoms with Gasteiger partial charge in [-0.3, -0.25) is 9.67 Å². The number of halogens is 1. The molecule has 132 valence electrons. The fraction of sp³-hybridized carbons (Fsp3) is 0.750. The molecule has 1 aliphatic rings. The number of ether oxygens (including phenoxy) is 1. The predicted octanol–water partition coefficient (Wildman–Crippen LogP) is 2.22. The molecule has 1 aliphatic heterocycles. The maximum Gasteiger partial charge on any atom is 0.193 e. The van der Waals surface area contributed by atoms with E-state index in [1.807, 2.05) is 24.9 Å². The molecule has 1 fully saturated rings. The molecule has 0 aromatic carbocycles. The molecule has 1 unspecified atom stereocenters. The Bertz CT molecular complexity index is 477. The molecule has 7 heteroatoms. The second-order valence-corrected chi connectivity index (χ2v) is 5.67. The standard InChI is InChI=1S/C16H29N5O.HI/c1-4-17-16(18-8-6-10-22-5-2)21-9-7-14(13-21)15-11-19-20(3)12-15;/h11-12,14H,4-10,13H2,1-3H3,(H,17,18);1H. The largest absolute Gasteiger partial charge is 0.382 e. The van der Waals surface area contributed by atoms with Crippen LogP contribution in [-0.4, -0.2) is 60.0 Å². The molecule has 0 radical (unpaired) electrons. The van der Waals surface area contributed by atoms with Gasteiger partial charge in [-0.25, -0.2) is 0 Å². The predicted molar refractivity (Wildman–Crippen MR) is 105 cm³/mol. The zero-order chi connectivity index (χ0) is 15.8. The van der Waals surface area contributed by atoms with Gasteiger partial charge in [0, 0.05) is 58.6 Å². The monoisotopic (exact) mass is 435 g/mol. The van der Waals surface area contributed by atoms with Crippen molar-refractivity contribution in [1.82, 2.24) is 20.0 Å².